The number of hydrogen-bond donors (Lipinski definition) is 2. The third kappa shape index (κ3) is 5.13. The van der Waals surface area contributed by atoms with Gasteiger partial charge in [-0.1, -0.05) is 0 Å². The Hall–Kier alpha value is -2.57. The van der Waals surface area contributed by atoms with Crippen LogP contribution in [0.15, 0.2) is 18.2 Å². The molecule has 0 heterocycles. The van der Waals surface area contributed by atoms with Crippen LogP contribution >= 0.6 is 0 Å². The fraction of sp³-hybridized carbons (Fsp3) is 0.357. The molecule has 0 spiro atoms. The molecule has 1 rings (SSSR count). The topological polar surface area (TPSA) is 102 Å². The van der Waals surface area contributed by atoms with Gasteiger partial charge in [0.2, 0.25) is 0 Å². The molecule has 0 bridgehead atoms. The molecule has 1 amide bonds. The second kappa shape index (κ2) is 6.25. The number of anilines is 1. The zero-order valence-corrected chi connectivity index (χ0v) is 12.2. The van der Waals surface area contributed by atoms with Crippen LogP contribution in [-0.2, 0) is 9.47 Å². The molecule has 0 atom stereocenters. The van der Waals surface area contributed by atoms with Crippen molar-refractivity contribution in [3.05, 3.63) is 29.3 Å². The fourth-order valence-electron chi connectivity index (χ4n) is 1.48. The van der Waals surface area contributed by atoms with Gasteiger partial charge < -0.3 is 14.6 Å². The van der Waals surface area contributed by atoms with Gasteiger partial charge in [0.25, 0.3) is 0 Å². The first-order chi connectivity index (χ1) is 9.62. The van der Waals surface area contributed by atoms with Crippen LogP contribution in [0, 0.1) is 0 Å². The molecule has 2 N–H and O–H groups in total. The number of rotatable bonds is 3. The monoisotopic (exact) mass is 295 g/mol. The maximum Gasteiger partial charge on any atom is 0.412 e. The summed E-state index contributed by atoms with van der Waals surface area (Å²) < 4.78 is 9.59. The standard InChI is InChI=1S/C14H17NO6/c1-14(2,3)21-13(19)15-10-6-8(11(16)17)5-9(7-10)12(18)20-4/h5-7H,1-4H3,(H,15,19)(H,16,17). The summed E-state index contributed by atoms with van der Waals surface area (Å²) >= 11 is 0. The number of esters is 1. The van der Waals surface area contributed by atoms with Gasteiger partial charge in [0.05, 0.1) is 18.2 Å². The predicted molar refractivity (Wildman–Crippen MR) is 74.6 cm³/mol. The normalized spacial score (nSPS) is 10.7. The third-order valence-electron chi connectivity index (χ3n) is 2.25. The van der Waals surface area contributed by atoms with E-state index in [1.165, 1.54) is 19.2 Å². The predicted octanol–water partition coefficient (Wildman–Crippen LogP) is 2.52. The van der Waals surface area contributed by atoms with E-state index in [4.69, 9.17) is 9.84 Å². The fourth-order valence-corrected chi connectivity index (χ4v) is 1.48. The van der Waals surface area contributed by atoms with Gasteiger partial charge in [-0.25, -0.2) is 14.4 Å². The van der Waals surface area contributed by atoms with Crippen LogP contribution < -0.4 is 5.32 Å². The van der Waals surface area contributed by atoms with E-state index in [0.717, 1.165) is 6.07 Å². The van der Waals surface area contributed by atoms with Crippen molar-refractivity contribution in [1.29, 1.82) is 0 Å². The third-order valence-corrected chi connectivity index (χ3v) is 2.25. The molecule has 1 aromatic rings. The quantitative estimate of drug-likeness (QED) is 0.831. The summed E-state index contributed by atoms with van der Waals surface area (Å²) in [5.41, 5.74) is -0.698. The van der Waals surface area contributed by atoms with Crippen LogP contribution in [0.5, 0.6) is 0 Å². The lowest BCUT2D eigenvalue weighted by Gasteiger charge is -2.19. The lowest BCUT2D eigenvalue weighted by Crippen LogP contribution is -2.27. The summed E-state index contributed by atoms with van der Waals surface area (Å²) in [6.07, 6.45) is -0.749. The number of carbonyl (C=O) groups is 3. The van der Waals surface area contributed by atoms with Gasteiger partial charge in [0, 0.05) is 5.69 Å². The number of benzene rings is 1. The molecular weight excluding hydrogens is 278 g/mol. The number of nitrogens with one attached hydrogen (secondary N) is 1. The van der Waals surface area contributed by atoms with E-state index < -0.39 is 23.6 Å². The van der Waals surface area contributed by atoms with Crippen LogP contribution in [0.25, 0.3) is 0 Å². The Morgan fingerprint density at radius 3 is 2.14 bits per heavy atom. The highest BCUT2D eigenvalue weighted by atomic mass is 16.6. The molecule has 7 heteroatoms. The molecule has 1 aromatic carbocycles. The SMILES string of the molecule is COC(=O)c1cc(NC(=O)OC(C)(C)C)cc(C(=O)O)c1. The minimum atomic E-state index is -1.23. The Bertz CT molecular complexity index is 573. The van der Waals surface area contributed by atoms with Crippen molar-refractivity contribution >= 4 is 23.7 Å². The van der Waals surface area contributed by atoms with Crippen molar-refractivity contribution in [2.75, 3.05) is 12.4 Å². The van der Waals surface area contributed by atoms with E-state index in [1.54, 1.807) is 20.8 Å². The highest BCUT2D eigenvalue weighted by Gasteiger charge is 2.18. The van der Waals surface area contributed by atoms with E-state index in [2.05, 4.69) is 10.1 Å². The Kier molecular flexibility index (Phi) is 4.91. The lowest BCUT2D eigenvalue weighted by atomic mass is 10.1. The average molecular weight is 295 g/mol. The van der Waals surface area contributed by atoms with E-state index in [-0.39, 0.29) is 16.8 Å². The van der Waals surface area contributed by atoms with Crippen molar-refractivity contribution in [1.82, 2.24) is 0 Å². The Labute approximate surface area is 121 Å². The second-order valence-electron chi connectivity index (χ2n) is 5.22. The van der Waals surface area contributed by atoms with E-state index in [9.17, 15) is 14.4 Å². The zero-order valence-electron chi connectivity index (χ0n) is 12.2. The molecule has 0 radical (unpaired) electrons. The number of methoxy groups -OCH3 is 1. The van der Waals surface area contributed by atoms with Crippen molar-refractivity contribution in [2.45, 2.75) is 26.4 Å². The molecule has 0 unspecified atom stereocenters. The Morgan fingerprint density at radius 1 is 1.10 bits per heavy atom. The molecular formula is C14H17NO6. The lowest BCUT2D eigenvalue weighted by molar-refractivity contribution is 0.0596. The second-order valence-corrected chi connectivity index (χ2v) is 5.22. The number of hydrogen-bond acceptors (Lipinski definition) is 5. The molecule has 0 aliphatic rings. The summed E-state index contributed by atoms with van der Waals surface area (Å²) in [5, 5.41) is 11.4. The number of amides is 1. The van der Waals surface area contributed by atoms with Gasteiger partial charge in [-0.05, 0) is 39.0 Å². The molecule has 21 heavy (non-hydrogen) atoms. The van der Waals surface area contributed by atoms with Crippen molar-refractivity contribution < 1.29 is 29.0 Å². The van der Waals surface area contributed by atoms with E-state index >= 15 is 0 Å². The molecule has 7 nitrogen and oxygen atoms in total. The molecule has 0 aliphatic heterocycles. The number of carboxylic acids is 1. The number of aromatic carboxylic acids is 1. The highest BCUT2D eigenvalue weighted by Crippen LogP contribution is 2.17. The maximum atomic E-state index is 11.7. The molecule has 0 saturated heterocycles. The summed E-state index contributed by atoms with van der Waals surface area (Å²) in [4.78, 5) is 34.2. The minimum Gasteiger partial charge on any atom is -0.478 e. The first-order valence-electron chi connectivity index (χ1n) is 6.09. The smallest absolute Gasteiger partial charge is 0.412 e. The van der Waals surface area contributed by atoms with Crippen LogP contribution in [0.2, 0.25) is 0 Å². The van der Waals surface area contributed by atoms with Crippen molar-refractivity contribution in [2.24, 2.45) is 0 Å². The first kappa shape index (κ1) is 16.5. The molecule has 0 saturated carbocycles. The number of ether oxygens (including phenoxy) is 2. The van der Waals surface area contributed by atoms with Crippen LogP contribution in [0.1, 0.15) is 41.5 Å². The van der Waals surface area contributed by atoms with Gasteiger partial charge in [0.15, 0.2) is 0 Å². The zero-order chi connectivity index (χ0) is 16.2. The molecule has 0 fully saturated rings. The molecule has 0 aromatic heterocycles. The molecule has 0 aliphatic carbocycles. The Balaban J connectivity index is 3.06. The van der Waals surface area contributed by atoms with Crippen LogP contribution in [0.3, 0.4) is 0 Å². The maximum absolute atomic E-state index is 11.7. The summed E-state index contributed by atoms with van der Waals surface area (Å²) in [6, 6.07) is 3.69. The van der Waals surface area contributed by atoms with Gasteiger partial charge in [-0.15, -0.1) is 0 Å². The largest absolute Gasteiger partial charge is 0.478 e. The van der Waals surface area contributed by atoms with Gasteiger partial charge in [-0.3, -0.25) is 5.32 Å². The number of carbonyl (C=O) groups excluding carboxylic acids is 2. The van der Waals surface area contributed by atoms with Crippen LogP contribution in [-0.4, -0.2) is 35.8 Å². The van der Waals surface area contributed by atoms with Crippen molar-refractivity contribution in [3.63, 3.8) is 0 Å². The van der Waals surface area contributed by atoms with Gasteiger partial charge >= 0.3 is 18.0 Å². The Morgan fingerprint density at radius 2 is 1.67 bits per heavy atom. The molecule has 114 valence electrons. The van der Waals surface area contributed by atoms with E-state index in [0.29, 0.717) is 0 Å². The first-order valence-corrected chi connectivity index (χ1v) is 6.09. The highest BCUT2D eigenvalue weighted by molar-refractivity contribution is 5.98. The van der Waals surface area contributed by atoms with Crippen LogP contribution in [0.4, 0.5) is 10.5 Å². The summed E-state index contributed by atoms with van der Waals surface area (Å²) in [6.45, 7) is 5.08. The van der Waals surface area contributed by atoms with Gasteiger partial charge in [-0.2, -0.15) is 0 Å². The number of carboxylic acid groups (broad SMARTS) is 1. The summed E-state index contributed by atoms with van der Waals surface area (Å²) in [5.74, 6) is -1.93. The van der Waals surface area contributed by atoms with Crippen molar-refractivity contribution in [3.8, 4) is 0 Å². The minimum absolute atomic E-state index is 0.0171. The average Bonchev–Trinajstić information content (AvgIpc) is 2.34. The van der Waals surface area contributed by atoms with Gasteiger partial charge in [0.1, 0.15) is 5.60 Å². The van der Waals surface area contributed by atoms with E-state index in [1.807, 2.05) is 0 Å². The summed E-state index contributed by atoms with van der Waals surface area (Å²) in [7, 11) is 1.18.